The number of rotatable bonds is 4. The Bertz CT molecular complexity index is 480. The molecule has 0 aromatic heterocycles. The van der Waals surface area contributed by atoms with E-state index < -0.39 is 0 Å². The number of hydrogen-bond acceptors (Lipinski definition) is 1. The molecule has 0 aliphatic heterocycles. The van der Waals surface area contributed by atoms with E-state index in [1.807, 2.05) is 30.3 Å². The molecule has 0 saturated heterocycles. The minimum atomic E-state index is 0.601. The van der Waals surface area contributed by atoms with E-state index in [1.54, 1.807) is 0 Å². The van der Waals surface area contributed by atoms with Gasteiger partial charge in [-0.05, 0) is 24.1 Å². The minimum absolute atomic E-state index is 0.601. The van der Waals surface area contributed by atoms with Crippen molar-refractivity contribution >= 4 is 15.9 Å². The number of ether oxygens (including phenoxy) is 1. The Kier molecular flexibility index (Phi) is 4.21. The van der Waals surface area contributed by atoms with Gasteiger partial charge in [-0.1, -0.05) is 53.2 Å². The van der Waals surface area contributed by atoms with Crippen LogP contribution in [0.15, 0.2) is 46.9 Å². The van der Waals surface area contributed by atoms with E-state index in [-0.39, 0.29) is 0 Å². The van der Waals surface area contributed by atoms with Crippen molar-refractivity contribution in [1.29, 1.82) is 0 Å². The van der Waals surface area contributed by atoms with E-state index in [0.29, 0.717) is 6.61 Å². The molecule has 0 aliphatic carbocycles. The van der Waals surface area contributed by atoms with Crippen LogP contribution in [0, 0.1) is 6.07 Å². The Balaban J connectivity index is 2.09. The maximum Gasteiger partial charge on any atom is 0.123 e. The first-order valence-electron chi connectivity index (χ1n) is 5.67. The predicted molar refractivity (Wildman–Crippen MR) is 73.1 cm³/mol. The molecule has 2 rings (SSSR count). The molecular formula is C15H14BrO. The lowest BCUT2D eigenvalue weighted by Gasteiger charge is -2.10. The molecular weight excluding hydrogens is 276 g/mol. The van der Waals surface area contributed by atoms with Crippen LogP contribution in [0.2, 0.25) is 0 Å². The van der Waals surface area contributed by atoms with E-state index in [0.717, 1.165) is 22.2 Å². The summed E-state index contributed by atoms with van der Waals surface area (Å²) in [5.74, 6) is 0.916. The van der Waals surface area contributed by atoms with Crippen LogP contribution in [-0.2, 0) is 13.0 Å². The molecule has 0 N–H and O–H groups in total. The highest BCUT2D eigenvalue weighted by molar-refractivity contribution is 9.10. The summed E-state index contributed by atoms with van der Waals surface area (Å²) in [5, 5.41) is 0. The lowest BCUT2D eigenvalue weighted by Crippen LogP contribution is -1.98. The number of aryl methyl sites for hydroxylation is 1. The lowest BCUT2D eigenvalue weighted by molar-refractivity contribution is 0.303. The zero-order valence-electron chi connectivity index (χ0n) is 9.74. The van der Waals surface area contributed by atoms with E-state index in [4.69, 9.17) is 4.74 Å². The standard InChI is InChI=1S/C15H14BrO/c1-2-13-10-14(16)8-9-15(13)17-11-12-6-4-3-5-7-12/h3-9H,2,11H2,1H3. The third-order valence-corrected chi connectivity index (χ3v) is 3.00. The molecule has 0 bridgehead atoms. The largest absolute Gasteiger partial charge is 0.489 e. The zero-order valence-corrected chi connectivity index (χ0v) is 11.3. The van der Waals surface area contributed by atoms with Gasteiger partial charge >= 0.3 is 0 Å². The fourth-order valence-corrected chi connectivity index (χ4v) is 2.00. The van der Waals surface area contributed by atoms with Crippen LogP contribution in [-0.4, -0.2) is 0 Å². The van der Waals surface area contributed by atoms with Gasteiger partial charge in [0.15, 0.2) is 0 Å². The third-order valence-electron chi connectivity index (χ3n) is 2.54. The van der Waals surface area contributed by atoms with Crippen LogP contribution in [0.5, 0.6) is 5.75 Å². The smallest absolute Gasteiger partial charge is 0.123 e. The van der Waals surface area contributed by atoms with Gasteiger partial charge in [-0.3, -0.25) is 0 Å². The van der Waals surface area contributed by atoms with Gasteiger partial charge in [-0.15, -0.1) is 0 Å². The van der Waals surface area contributed by atoms with Crippen molar-refractivity contribution in [2.75, 3.05) is 0 Å². The van der Waals surface area contributed by atoms with E-state index >= 15 is 0 Å². The van der Waals surface area contributed by atoms with Gasteiger partial charge < -0.3 is 4.74 Å². The highest BCUT2D eigenvalue weighted by Gasteiger charge is 2.03. The van der Waals surface area contributed by atoms with E-state index in [9.17, 15) is 0 Å². The summed E-state index contributed by atoms with van der Waals surface area (Å²) < 4.78 is 6.79. The molecule has 2 aromatic rings. The summed E-state index contributed by atoms with van der Waals surface area (Å²) in [6.45, 7) is 2.71. The van der Waals surface area contributed by atoms with Crippen molar-refractivity contribution in [1.82, 2.24) is 0 Å². The number of halogens is 1. The van der Waals surface area contributed by atoms with Crippen molar-refractivity contribution in [2.45, 2.75) is 20.0 Å². The lowest BCUT2D eigenvalue weighted by atomic mass is 10.1. The SMILES string of the molecule is CCc1[c]c(Br)ccc1OCc1ccccc1. The summed E-state index contributed by atoms with van der Waals surface area (Å²) in [6, 6.07) is 17.4. The highest BCUT2D eigenvalue weighted by Crippen LogP contribution is 2.23. The van der Waals surface area contributed by atoms with Gasteiger partial charge in [-0.25, -0.2) is 0 Å². The maximum absolute atomic E-state index is 5.82. The summed E-state index contributed by atoms with van der Waals surface area (Å²) >= 11 is 3.42. The number of benzene rings is 2. The zero-order chi connectivity index (χ0) is 12.1. The van der Waals surface area contributed by atoms with Crippen molar-refractivity contribution in [3.8, 4) is 5.75 Å². The first-order chi connectivity index (χ1) is 8.29. The highest BCUT2D eigenvalue weighted by atomic mass is 79.9. The average molecular weight is 290 g/mol. The van der Waals surface area contributed by atoms with Gasteiger partial charge in [0.2, 0.25) is 0 Å². The first-order valence-corrected chi connectivity index (χ1v) is 6.46. The Hall–Kier alpha value is -1.28. The quantitative estimate of drug-likeness (QED) is 0.811. The molecule has 0 spiro atoms. The Morgan fingerprint density at radius 3 is 2.59 bits per heavy atom. The molecule has 0 heterocycles. The number of hydrogen-bond donors (Lipinski definition) is 0. The first kappa shape index (κ1) is 12.2. The van der Waals surface area contributed by atoms with Gasteiger partial charge in [0.05, 0.1) is 0 Å². The Morgan fingerprint density at radius 2 is 1.88 bits per heavy atom. The van der Waals surface area contributed by atoms with Gasteiger partial charge in [0.1, 0.15) is 12.4 Å². The molecule has 0 amide bonds. The van der Waals surface area contributed by atoms with Crippen LogP contribution in [0.1, 0.15) is 18.1 Å². The van der Waals surface area contributed by atoms with Crippen LogP contribution in [0.4, 0.5) is 0 Å². The summed E-state index contributed by atoms with van der Waals surface area (Å²) in [7, 11) is 0. The Morgan fingerprint density at radius 1 is 1.12 bits per heavy atom. The van der Waals surface area contributed by atoms with Crippen LogP contribution in [0.25, 0.3) is 0 Å². The normalized spacial score (nSPS) is 10.2. The topological polar surface area (TPSA) is 9.23 Å². The fourth-order valence-electron chi connectivity index (χ4n) is 1.63. The summed E-state index contributed by atoms with van der Waals surface area (Å²) in [6.07, 6.45) is 0.920. The third kappa shape index (κ3) is 3.34. The summed E-state index contributed by atoms with van der Waals surface area (Å²) in [4.78, 5) is 0. The molecule has 1 nitrogen and oxygen atoms in total. The molecule has 1 radical (unpaired) electrons. The second-order valence-corrected chi connectivity index (χ2v) is 4.63. The summed E-state index contributed by atoms with van der Waals surface area (Å²) in [5.41, 5.74) is 2.28. The maximum atomic E-state index is 5.82. The second kappa shape index (κ2) is 5.87. The van der Waals surface area contributed by atoms with Gasteiger partial charge in [0.25, 0.3) is 0 Å². The average Bonchev–Trinajstić information content (AvgIpc) is 2.38. The molecule has 17 heavy (non-hydrogen) atoms. The minimum Gasteiger partial charge on any atom is -0.489 e. The molecule has 2 heteroatoms. The molecule has 0 aliphatic rings. The predicted octanol–water partition coefficient (Wildman–Crippen LogP) is 4.39. The van der Waals surface area contributed by atoms with Gasteiger partial charge in [-0.2, -0.15) is 0 Å². The van der Waals surface area contributed by atoms with Gasteiger partial charge in [0, 0.05) is 16.1 Å². The molecule has 87 valence electrons. The molecule has 0 unspecified atom stereocenters. The molecule has 0 saturated carbocycles. The van der Waals surface area contributed by atoms with Crippen LogP contribution >= 0.6 is 15.9 Å². The van der Waals surface area contributed by atoms with Crippen LogP contribution in [0.3, 0.4) is 0 Å². The van der Waals surface area contributed by atoms with E-state index in [1.165, 1.54) is 5.56 Å². The van der Waals surface area contributed by atoms with Crippen molar-refractivity contribution in [2.24, 2.45) is 0 Å². The molecule has 0 atom stereocenters. The molecule has 0 fully saturated rings. The Labute approximate surface area is 111 Å². The van der Waals surface area contributed by atoms with Crippen molar-refractivity contribution in [3.05, 3.63) is 64.1 Å². The molecule has 2 aromatic carbocycles. The second-order valence-electron chi connectivity index (χ2n) is 3.78. The van der Waals surface area contributed by atoms with Crippen molar-refractivity contribution < 1.29 is 4.74 Å². The fraction of sp³-hybridized carbons (Fsp3) is 0.200. The monoisotopic (exact) mass is 289 g/mol. The van der Waals surface area contributed by atoms with Crippen molar-refractivity contribution in [3.63, 3.8) is 0 Å². The van der Waals surface area contributed by atoms with Crippen LogP contribution < -0.4 is 4.74 Å². The van der Waals surface area contributed by atoms with E-state index in [2.05, 4.69) is 41.1 Å².